The van der Waals surface area contributed by atoms with Crippen LogP contribution in [0.4, 0.5) is 4.79 Å². The second-order valence-electron chi connectivity index (χ2n) is 4.96. The van der Waals surface area contributed by atoms with Gasteiger partial charge in [0.1, 0.15) is 0 Å². The van der Waals surface area contributed by atoms with Crippen LogP contribution in [0.5, 0.6) is 0 Å². The van der Waals surface area contributed by atoms with Gasteiger partial charge in [0, 0.05) is 20.1 Å². The van der Waals surface area contributed by atoms with E-state index in [2.05, 4.69) is 21.2 Å². The maximum absolute atomic E-state index is 11.8. The van der Waals surface area contributed by atoms with E-state index in [0.717, 1.165) is 9.35 Å². The molecule has 1 rings (SSSR count). The number of carboxylic acid groups (broad SMARTS) is 1. The van der Waals surface area contributed by atoms with Crippen molar-refractivity contribution in [3.63, 3.8) is 0 Å². The lowest BCUT2D eigenvalue weighted by Crippen LogP contribution is -2.43. The van der Waals surface area contributed by atoms with Crippen molar-refractivity contribution in [3.05, 3.63) is 20.8 Å². The van der Waals surface area contributed by atoms with Crippen molar-refractivity contribution >= 4 is 39.3 Å². The molecular weight excluding hydrogens is 332 g/mol. The Balaban J connectivity index is 2.47. The van der Waals surface area contributed by atoms with Gasteiger partial charge in [0.05, 0.1) is 9.20 Å². The summed E-state index contributed by atoms with van der Waals surface area (Å²) >= 11 is 4.93. The van der Waals surface area contributed by atoms with Crippen LogP contribution in [0.15, 0.2) is 15.2 Å². The number of nitrogens with zero attached hydrogens (tertiary/aromatic N) is 1. The van der Waals surface area contributed by atoms with Gasteiger partial charge in [0.2, 0.25) is 0 Å². The monoisotopic (exact) mass is 348 g/mol. The van der Waals surface area contributed by atoms with Crippen molar-refractivity contribution in [3.8, 4) is 0 Å². The number of nitrogens with one attached hydrogen (secondary N) is 1. The van der Waals surface area contributed by atoms with Gasteiger partial charge >= 0.3 is 12.0 Å². The summed E-state index contributed by atoms with van der Waals surface area (Å²) in [7, 11) is 1.68. The summed E-state index contributed by atoms with van der Waals surface area (Å²) in [4.78, 5) is 24.3. The van der Waals surface area contributed by atoms with E-state index in [4.69, 9.17) is 5.11 Å². The Morgan fingerprint density at radius 1 is 1.53 bits per heavy atom. The summed E-state index contributed by atoms with van der Waals surface area (Å²) < 4.78 is 1.02. The number of carbonyl (C=O) groups excluding carboxylic acids is 1. The molecule has 0 aliphatic carbocycles. The standard InChI is InChI=1S/C12H17BrN2O3S/c1-12(2,10(16)17)7-14-11(18)15(3)5-8-4-9(13)19-6-8/h4,6H,5,7H2,1-3H3,(H,14,18)(H,16,17). The topological polar surface area (TPSA) is 69.6 Å². The van der Waals surface area contributed by atoms with Crippen LogP contribution < -0.4 is 5.32 Å². The van der Waals surface area contributed by atoms with E-state index >= 15 is 0 Å². The molecule has 106 valence electrons. The Bertz CT molecular complexity index is 473. The Labute approximate surface area is 124 Å². The number of carboxylic acids is 1. The summed E-state index contributed by atoms with van der Waals surface area (Å²) in [5, 5.41) is 13.6. The van der Waals surface area contributed by atoms with Crippen LogP contribution in [-0.4, -0.2) is 35.6 Å². The lowest BCUT2D eigenvalue weighted by molar-refractivity contribution is -0.146. The van der Waals surface area contributed by atoms with E-state index in [-0.39, 0.29) is 12.6 Å². The summed E-state index contributed by atoms with van der Waals surface area (Å²) in [6, 6.07) is 1.67. The molecule has 0 radical (unpaired) electrons. The fourth-order valence-electron chi connectivity index (χ4n) is 1.28. The third kappa shape index (κ3) is 4.83. The molecule has 0 bridgehead atoms. The molecule has 1 heterocycles. The van der Waals surface area contributed by atoms with Gasteiger partial charge in [-0.1, -0.05) is 0 Å². The molecule has 0 atom stereocenters. The smallest absolute Gasteiger partial charge is 0.317 e. The third-order valence-electron chi connectivity index (χ3n) is 2.65. The highest BCUT2D eigenvalue weighted by Crippen LogP contribution is 2.21. The van der Waals surface area contributed by atoms with Gasteiger partial charge in [0.25, 0.3) is 0 Å². The fraction of sp³-hybridized carbons (Fsp3) is 0.500. The van der Waals surface area contributed by atoms with E-state index < -0.39 is 11.4 Å². The van der Waals surface area contributed by atoms with Gasteiger partial charge < -0.3 is 15.3 Å². The molecule has 0 spiro atoms. The number of rotatable bonds is 5. The highest BCUT2D eigenvalue weighted by molar-refractivity contribution is 9.11. The Kier molecular flexibility index (Phi) is 5.37. The summed E-state index contributed by atoms with van der Waals surface area (Å²) in [6.07, 6.45) is 0. The molecule has 0 fully saturated rings. The molecule has 0 aliphatic rings. The lowest BCUT2D eigenvalue weighted by atomic mass is 9.94. The zero-order valence-electron chi connectivity index (χ0n) is 11.1. The average molecular weight is 349 g/mol. The highest BCUT2D eigenvalue weighted by Gasteiger charge is 2.28. The number of thiophene rings is 1. The van der Waals surface area contributed by atoms with Crippen LogP contribution in [0, 0.1) is 5.41 Å². The minimum absolute atomic E-state index is 0.0961. The molecule has 1 aromatic rings. The number of halogens is 1. The first-order valence-corrected chi connectivity index (χ1v) is 7.35. The molecular formula is C12H17BrN2O3S. The van der Waals surface area contributed by atoms with E-state index in [1.165, 1.54) is 4.90 Å². The van der Waals surface area contributed by atoms with Crippen LogP contribution in [0.3, 0.4) is 0 Å². The van der Waals surface area contributed by atoms with Crippen LogP contribution >= 0.6 is 27.3 Å². The Morgan fingerprint density at radius 3 is 2.63 bits per heavy atom. The Morgan fingerprint density at radius 2 is 2.16 bits per heavy atom. The van der Waals surface area contributed by atoms with Crippen molar-refractivity contribution in [2.45, 2.75) is 20.4 Å². The van der Waals surface area contributed by atoms with E-state index in [9.17, 15) is 9.59 Å². The number of carbonyl (C=O) groups is 2. The first-order chi connectivity index (χ1) is 8.72. The predicted molar refractivity (Wildman–Crippen MR) is 78.3 cm³/mol. The van der Waals surface area contributed by atoms with Crippen LogP contribution in [0.2, 0.25) is 0 Å². The molecule has 0 unspecified atom stereocenters. The summed E-state index contributed by atoms with van der Waals surface area (Å²) in [5.41, 5.74) is 0.0639. The predicted octanol–water partition coefficient (Wildman–Crippen LogP) is 2.76. The minimum atomic E-state index is -0.970. The first-order valence-electron chi connectivity index (χ1n) is 5.67. The normalized spacial score (nSPS) is 11.2. The number of amides is 2. The number of aliphatic carboxylic acids is 1. The molecule has 19 heavy (non-hydrogen) atoms. The molecule has 5 nitrogen and oxygen atoms in total. The van der Waals surface area contributed by atoms with Gasteiger partial charge in [-0.15, -0.1) is 11.3 Å². The van der Waals surface area contributed by atoms with Crippen molar-refractivity contribution in [1.29, 1.82) is 0 Å². The van der Waals surface area contributed by atoms with Crippen molar-refractivity contribution in [2.75, 3.05) is 13.6 Å². The highest BCUT2D eigenvalue weighted by atomic mass is 79.9. The number of hydrogen-bond acceptors (Lipinski definition) is 3. The first kappa shape index (κ1) is 16.0. The van der Waals surface area contributed by atoms with Crippen molar-refractivity contribution in [2.24, 2.45) is 5.41 Å². The lowest BCUT2D eigenvalue weighted by Gasteiger charge is -2.23. The molecule has 0 saturated heterocycles. The minimum Gasteiger partial charge on any atom is -0.481 e. The zero-order valence-corrected chi connectivity index (χ0v) is 13.5. The zero-order chi connectivity index (χ0) is 14.6. The fourth-order valence-corrected chi connectivity index (χ4v) is 2.48. The van der Waals surface area contributed by atoms with Crippen molar-refractivity contribution < 1.29 is 14.7 Å². The molecule has 0 saturated carbocycles. The molecule has 1 aromatic heterocycles. The van der Waals surface area contributed by atoms with Gasteiger partial charge in [0.15, 0.2) is 0 Å². The van der Waals surface area contributed by atoms with E-state index in [0.29, 0.717) is 6.54 Å². The number of urea groups is 1. The second-order valence-corrected chi connectivity index (χ2v) is 7.25. The van der Waals surface area contributed by atoms with Crippen LogP contribution in [0.25, 0.3) is 0 Å². The van der Waals surface area contributed by atoms with Crippen molar-refractivity contribution in [1.82, 2.24) is 10.2 Å². The summed E-state index contributed by atoms with van der Waals surface area (Å²) in [6.45, 7) is 3.73. The van der Waals surface area contributed by atoms with Crippen LogP contribution in [0.1, 0.15) is 19.4 Å². The average Bonchev–Trinajstić information content (AvgIpc) is 2.71. The third-order valence-corrected chi connectivity index (χ3v) is 4.20. The van der Waals surface area contributed by atoms with Gasteiger partial charge in [-0.2, -0.15) is 0 Å². The maximum Gasteiger partial charge on any atom is 0.317 e. The maximum atomic E-state index is 11.8. The Hall–Kier alpha value is -1.08. The number of hydrogen-bond donors (Lipinski definition) is 2. The van der Waals surface area contributed by atoms with Gasteiger partial charge in [-0.05, 0) is 46.8 Å². The molecule has 0 aliphatic heterocycles. The SMILES string of the molecule is CN(Cc1csc(Br)c1)C(=O)NCC(C)(C)C(=O)O. The molecule has 0 aromatic carbocycles. The van der Waals surface area contributed by atoms with Gasteiger partial charge in [-0.25, -0.2) is 4.79 Å². The molecule has 7 heteroatoms. The van der Waals surface area contributed by atoms with Gasteiger partial charge in [-0.3, -0.25) is 4.79 Å². The largest absolute Gasteiger partial charge is 0.481 e. The quantitative estimate of drug-likeness (QED) is 0.859. The van der Waals surface area contributed by atoms with E-state index in [1.54, 1.807) is 32.2 Å². The summed E-state index contributed by atoms with van der Waals surface area (Å²) in [5.74, 6) is -0.933. The molecule has 2 N–H and O–H groups in total. The second kappa shape index (κ2) is 6.38. The van der Waals surface area contributed by atoms with Crippen LogP contribution in [-0.2, 0) is 11.3 Å². The molecule has 2 amide bonds. The van der Waals surface area contributed by atoms with E-state index in [1.807, 2.05) is 11.4 Å².